The van der Waals surface area contributed by atoms with Gasteiger partial charge in [0.05, 0.1) is 6.10 Å². The first-order valence-corrected chi connectivity index (χ1v) is 8.48. The lowest BCUT2D eigenvalue weighted by Gasteiger charge is -2.13. The van der Waals surface area contributed by atoms with Gasteiger partial charge >= 0.3 is 5.97 Å². The summed E-state index contributed by atoms with van der Waals surface area (Å²) in [5.41, 5.74) is 0. The number of allylic oxidation sites excluding steroid dienone is 5. The van der Waals surface area contributed by atoms with Crippen LogP contribution in [0.4, 0.5) is 0 Å². The molecule has 4 heteroatoms. The van der Waals surface area contributed by atoms with Crippen molar-refractivity contribution in [2.75, 3.05) is 0 Å². The molecule has 0 spiro atoms. The third kappa shape index (κ3) is 8.25. The number of unbranched alkanes of at least 4 members (excludes halogenated alkanes) is 2. The molecule has 1 aliphatic rings. The number of carboxylic acid groups (broad SMARTS) is 1. The number of aliphatic carboxylic acids is 1. The molecule has 0 saturated heterocycles. The van der Waals surface area contributed by atoms with Gasteiger partial charge in [-0.15, -0.1) is 0 Å². The van der Waals surface area contributed by atoms with Crippen molar-refractivity contribution < 1.29 is 25.3 Å². The van der Waals surface area contributed by atoms with Crippen molar-refractivity contribution in [2.45, 2.75) is 64.3 Å². The second-order valence-corrected chi connectivity index (χ2v) is 5.92. The second-order valence-electron chi connectivity index (χ2n) is 5.92. The van der Waals surface area contributed by atoms with E-state index in [0.717, 1.165) is 25.3 Å². The fraction of sp³-hybridized carbons (Fsp3) is 0.600. The van der Waals surface area contributed by atoms with Gasteiger partial charge < -0.3 is 10.2 Å². The van der Waals surface area contributed by atoms with Crippen molar-refractivity contribution in [3.63, 3.8) is 0 Å². The molecule has 4 nitrogen and oxygen atoms in total. The standard InChI is InChI=1S/C20H30O4/c1-2-3-6-9-17(21)14-12-16-13-15-19(22)18(16)10-7-4-5-8-11-20(23)24/h4,7,12-18,21H,2-3,5-6,8-11H2,1H3,(H,23,24)/b7-4-,14-12+/t16-,17-,18+/m0/s1/i5D2,8D2. The summed E-state index contributed by atoms with van der Waals surface area (Å²) < 4.78 is 30.9. The summed E-state index contributed by atoms with van der Waals surface area (Å²) in [6.45, 7) is 2.09. The van der Waals surface area contributed by atoms with Crippen LogP contribution < -0.4 is 0 Å². The summed E-state index contributed by atoms with van der Waals surface area (Å²) in [7, 11) is 0. The van der Waals surface area contributed by atoms with E-state index in [-0.39, 0.29) is 18.1 Å². The van der Waals surface area contributed by atoms with Crippen LogP contribution in [0.25, 0.3) is 0 Å². The predicted molar refractivity (Wildman–Crippen MR) is 95.7 cm³/mol. The van der Waals surface area contributed by atoms with Crippen LogP contribution >= 0.6 is 0 Å². The highest BCUT2D eigenvalue weighted by Crippen LogP contribution is 2.27. The molecule has 0 aromatic rings. The number of rotatable bonds is 12. The topological polar surface area (TPSA) is 74.6 Å². The van der Waals surface area contributed by atoms with Crippen LogP contribution in [0.5, 0.6) is 0 Å². The van der Waals surface area contributed by atoms with Gasteiger partial charge in [-0.1, -0.05) is 56.6 Å². The highest BCUT2D eigenvalue weighted by atomic mass is 16.4. The molecule has 0 heterocycles. The van der Waals surface area contributed by atoms with Crippen molar-refractivity contribution >= 4 is 11.8 Å². The van der Waals surface area contributed by atoms with Gasteiger partial charge in [0.15, 0.2) is 5.78 Å². The van der Waals surface area contributed by atoms with E-state index in [0.29, 0.717) is 6.42 Å². The van der Waals surface area contributed by atoms with Crippen LogP contribution in [-0.4, -0.2) is 28.1 Å². The molecule has 0 aromatic carbocycles. The number of hydrogen-bond acceptors (Lipinski definition) is 3. The van der Waals surface area contributed by atoms with Crippen LogP contribution in [-0.2, 0) is 9.59 Å². The van der Waals surface area contributed by atoms with Gasteiger partial charge in [0.2, 0.25) is 0 Å². The number of aliphatic hydroxyl groups excluding tert-OH is 1. The van der Waals surface area contributed by atoms with Gasteiger partial charge in [0.1, 0.15) is 0 Å². The Labute approximate surface area is 150 Å². The van der Waals surface area contributed by atoms with Crippen molar-refractivity contribution in [1.29, 1.82) is 0 Å². The molecule has 0 aromatic heterocycles. The lowest BCUT2D eigenvalue weighted by atomic mass is 9.90. The van der Waals surface area contributed by atoms with Gasteiger partial charge in [-0.25, -0.2) is 0 Å². The highest BCUT2D eigenvalue weighted by molar-refractivity contribution is 5.95. The average molecular weight is 338 g/mol. The van der Waals surface area contributed by atoms with Gasteiger partial charge in [-0.3, -0.25) is 9.59 Å². The van der Waals surface area contributed by atoms with Crippen LogP contribution in [0.1, 0.15) is 63.7 Å². The maximum absolute atomic E-state index is 12.1. The Morgan fingerprint density at radius 3 is 2.92 bits per heavy atom. The fourth-order valence-corrected chi connectivity index (χ4v) is 2.54. The molecule has 0 unspecified atom stereocenters. The Bertz CT molecular complexity index is 626. The molecule has 1 aliphatic carbocycles. The first kappa shape index (κ1) is 14.6. The predicted octanol–water partition coefficient (Wildman–Crippen LogP) is 4.06. The van der Waals surface area contributed by atoms with Crippen LogP contribution in [0.15, 0.2) is 36.5 Å². The third-order valence-electron chi connectivity index (χ3n) is 3.90. The Kier molecular flexibility index (Phi) is 7.20. The normalized spacial score (nSPS) is 25.7. The Balaban J connectivity index is 2.69. The number of aliphatic hydroxyl groups is 1. The van der Waals surface area contributed by atoms with Crippen molar-refractivity contribution in [1.82, 2.24) is 0 Å². The smallest absolute Gasteiger partial charge is 0.303 e. The molecular formula is C20H30O4. The van der Waals surface area contributed by atoms with E-state index in [1.54, 1.807) is 18.2 Å². The molecule has 0 amide bonds. The van der Waals surface area contributed by atoms with Crippen LogP contribution in [0, 0.1) is 11.8 Å². The Morgan fingerprint density at radius 1 is 1.42 bits per heavy atom. The van der Waals surface area contributed by atoms with Crippen molar-refractivity contribution in [3.8, 4) is 0 Å². The third-order valence-corrected chi connectivity index (χ3v) is 3.90. The Morgan fingerprint density at radius 2 is 2.21 bits per heavy atom. The number of carbonyl (C=O) groups is 2. The summed E-state index contributed by atoms with van der Waals surface area (Å²) >= 11 is 0. The zero-order valence-corrected chi connectivity index (χ0v) is 14.1. The fourth-order valence-electron chi connectivity index (χ4n) is 2.54. The first-order chi connectivity index (χ1) is 13.0. The van der Waals surface area contributed by atoms with Gasteiger partial charge in [-0.2, -0.15) is 0 Å². The molecule has 0 fully saturated rings. The minimum Gasteiger partial charge on any atom is -0.481 e. The minimum absolute atomic E-state index is 0.103. The Hall–Kier alpha value is -1.68. The van der Waals surface area contributed by atoms with Gasteiger partial charge in [0, 0.05) is 23.7 Å². The van der Waals surface area contributed by atoms with Crippen LogP contribution in [0.3, 0.4) is 0 Å². The highest BCUT2D eigenvalue weighted by Gasteiger charge is 2.27. The number of ketones is 1. The van der Waals surface area contributed by atoms with Gasteiger partial charge in [-0.05, 0) is 31.7 Å². The molecule has 1 rings (SSSR count). The average Bonchev–Trinajstić information content (AvgIpc) is 2.92. The zero-order chi connectivity index (χ0) is 21.4. The summed E-state index contributed by atoms with van der Waals surface area (Å²) in [6, 6.07) is 0. The molecular weight excluding hydrogens is 304 g/mol. The second kappa shape index (κ2) is 11.8. The molecule has 0 saturated carbocycles. The van der Waals surface area contributed by atoms with E-state index in [1.165, 1.54) is 12.2 Å². The molecule has 0 aliphatic heterocycles. The van der Waals surface area contributed by atoms with E-state index >= 15 is 0 Å². The quantitative estimate of drug-likeness (QED) is 0.416. The summed E-state index contributed by atoms with van der Waals surface area (Å²) in [5.74, 6) is -2.16. The SMILES string of the molecule is [2H]C([2H])(/C=C\C[C@H]1C(=O)C=C[C@@H]1/C=C/[C@@H](O)CCCCC)C([2H])([2H])CC(=O)O. The minimum atomic E-state index is -2.56. The van der Waals surface area contributed by atoms with E-state index < -0.39 is 37.2 Å². The van der Waals surface area contributed by atoms with E-state index in [1.807, 2.05) is 0 Å². The number of carbonyl (C=O) groups excluding carboxylic acids is 1. The van der Waals surface area contributed by atoms with Crippen LogP contribution in [0.2, 0.25) is 0 Å². The maximum Gasteiger partial charge on any atom is 0.303 e. The molecule has 0 bridgehead atoms. The summed E-state index contributed by atoms with van der Waals surface area (Å²) in [5, 5.41) is 18.7. The van der Waals surface area contributed by atoms with E-state index in [2.05, 4.69) is 6.92 Å². The first-order valence-electron chi connectivity index (χ1n) is 10.5. The van der Waals surface area contributed by atoms with Crippen molar-refractivity contribution in [2.24, 2.45) is 11.8 Å². The monoisotopic (exact) mass is 338 g/mol. The van der Waals surface area contributed by atoms with E-state index in [9.17, 15) is 14.7 Å². The molecule has 2 N–H and O–H groups in total. The zero-order valence-electron chi connectivity index (χ0n) is 18.1. The largest absolute Gasteiger partial charge is 0.481 e. The molecule has 24 heavy (non-hydrogen) atoms. The van der Waals surface area contributed by atoms with E-state index in [4.69, 9.17) is 10.6 Å². The molecule has 3 atom stereocenters. The lowest BCUT2D eigenvalue weighted by molar-refractivity contribution is -0.137. The lowest BCUT2D eigenvalue weighted by Crippen LogP contribution is -2.14. The van der Waals surface area contributed by atoms with Gasteiger partial charge in [0.25, 0.3) is 0 Å². The number of hydrogen-bond donors (Lipinski definition) is 2. The van der Waals surface area contributed by atoms with Crippen molar-refractivity contribution in [3.05, 3.63) is 36.5 Å². The molecule has 0 radical (unpaired) electrons. The summed E-state index contributed by atoms with van der Waals surface area (Å²) in [4.78, 5) is 22.8. The molecule has 134 valence electrons. The maximum atomic E-state index is 12.1. The number of carboxylic acids is 1. The summed E-state index contributed by atoms with van der Waals surface area (Å²) in [6.07, 6.45) is 6.46.